The normalized spacial score (nSPS) is 23.0. The van der Waals surface area contributed by atoms with E-state index in [0.29, 0.717) is 74.6 Å². The van der Waals surface area contributed by atoms with Crippen LogP contribution in [0.1, 0.15) is 79.9 Å². The zero-order chi connectivity index (χ0) is 34.2. The molecule has 4 N–H and O–H groups in total. The van der Waals surface area contributed by atoms with Crippen LogP contribution in [0, 0.1) is 5.92 Å². The van der Waals surface area contributed by atoms with Gasteiger partial charge in [0.05, 0.1) is 37.1 Å². The summed E-state index contributed by atoms with van der Waals surface area (Å²) in [4.78, 5) is 26.2. The lowest BCUT2D eigenvalue weighted by Crippen LogP contribution is -2.47. The lowest BCUT2D eigenvalue weighted by atomic mass is 9.81. The predicted octanol–water partition coefficient (Wildman–Crippen LogP) is 3.99. The van der Waals surface area contributed by atoms with Crippen molar-refractivity contribution >= 4 is 29.3 Å². The number of aromatic nitrogens is 2. The quantitative estimate of drug-likeness (QED) is 0.242. The Hall–Kier alpha value is -2.74. The highest BCUT2D eigenvalue weighted by molar-refractivity contribution is 6.33. The smallest absolute Gasteiger partial charge is 0.270 e. The number of carbonyl (C=O) groups excluding carboxylic acids is 1. The van der Waals surface area contributed by atoms with Gasteiger partial charge in [-0.1, -0.05) is 56.2 Å². The summed E-state index contributed by atoms with van der Waals surface area (Å²) >= 11 is 6.98. The highest BCUT2D eigenvalue weighted by Gasteiger charge is 2.43. The topological polar surface area (TPSA) is 133 Å². The Kier molecular flexibility index (Phi) is 12.5. The molecule has 49 heavy (non-hydrogen) atoms. The van der Waals surface area contributed by atoms with E-state index in [1.165, 1.54) is 51.4 Å². The van der Waals surface area contributed by atoms with E-state index in [4.69, 9.17) is 25.8 Å². The molecule has 2 aromatic rings. The van der Waals surface area contributed by atoms with E-state index in [-0.39, 0.29) is 29.8 Å². The summed E-state index contributed by atoms with van der Waals surface area (Å²) in [6, 6.07) is 5.89. The number of hydrogen-bond acceptors (Lipinski definition) is 11. The number of rotatable bonds is 13. The van der Waals surface area contributed by atoms with Gasteiger partial charge >= 0.3 is 0 Å². The number of aliphatic hydroxyl groups excluding tert-OH is 1. The van der Waals surface area contributed by atoms with Crippen LogP contribution in [0.4, 0.5) is 11.8 Å². The number of halogens is 1. The van der Waals surface area contributed by atoms with Gasteiger partial charge in [-0.3, -0.25) is 15.0 Å². The van der Waals surface area contributed by atoms with Gasteiger partial charge in [-0.05, 0) is 49.3 Å². The van der Waals surface area contributed by atoms with Crippen molar-refractivity contribution in [2.24, 2.45) is 5.92 Å². The van der Waals surface area contributed by atoms with Gasteiger partial charge in [0.1, 0.15) is 29.5 Å². The van der Waals surface area contributed by atoms with Gasteiger partial charge in [-0.2, -0.15) is 4.98 Å². The van der Waals surface area contributed by atoms with Crippen LogP contribution in [0.25, 0.3) is 0 Å². The SMILES string of the molecule is CCN(C)c1nc(NC2COC2)cc(C(=O)NC[C@H](O)CN2CCc3c(ccc(OCC4(C5CCCCCCCC5)CNCO4)c3Cl)C2)n1. The first kappa shape index (κ1) is 36.1. The first-order valence-corrected chi connectivity index (χ1v) is 18.6. The Morgan fingerprint density at radius 2 is 1.98 bits per heavy atom. The second-order valence-corrected chi connectivity index (χ2v) is 14.5. The van der Waals surface area contributed by atoms with Crippen LogP contribution in [0.2, 0.25) is 5.02 Å². The standard InChI is InChI=1S/C36H54ClN7O5/c1-3-43(2)35-41-30(16-32(42-35)40-27-20-47-21-27)34(46)39-17-28(45)19-44-15-14-29-25(18-44)12-13-31(33(29)37)48-23-36(22-38-24-49-36)26-10-8-6-4-5-7-9-11-26/h12-13,16,26-28,38,45H,3-11,14-15,17-24H2,1-2H3,(H,39,46)(H,40,41,42)/t28-,36?/m0/s1. The molecule has 0 spiro atoms. The minimum atomic E-state index is -0.748. The van der Waals surface area contributed by atoms with Gasteiger partial charge in [-0.15, -0.1) is 0 Å². The summed E-state index contributed by atoms with van der Waals surface area (Å²) in [6.45, 7) is 7.71. The van der Waals surface area contributed by atoms with Gasteiger partial charge in [-0.25, -0.2) is 4.98 Å². The molecule has 1 aromatic carbocycles. The average Bonchev–Trinajstić information content (AvgIpc) is 3.62. The van der Waals surface area contributed by atoms with Crippen LogP contribution in [-0.4, -0.2) is 110 Å². The van der Waals surface area contributed by atoms with Crippen molar-refractivity contribution < 1.29 is 24.1 Å². The van der Waals surface area contributed by atoms with Crippen molar-refractivity contribution in [1.29, 1.82) is 0 Å². The molecule has 3 aliphatic heterocycles. The van der Waals surface area contributed by atoms with E-state index in [2.05, 4.69) is 36.9 Å². The average molecular weight is 700 g/mol. The minimum absolute atomic E-state index is 0.109. The van der Waals surface area contributed by atoms with E-state index in [1.54, 1.807) is 6.07 Å². The summed E-state index contributed by atoms with van der Waals surface area (Å²) in [5, 5.41) is 21.2. The number of fused-ring (bicyclic) bond motifs is 1. The van der Waals surface area contributed by atoms with Crippen LogP contribution in [-0.2, 0) is 22.4 Å². The summed E-state index contributed by atoms with van der Waals surface area (Å²) in [6.07, 6.45) is 10.2. The molecule has 4 heterocycles. The monoisotopic (exact) mass is 699 g/mol. The number of hydrogen-bond donors (Lipinski definition) is 4. The minimum Gasteiger partial charge on any atom is -0.489 e. The van der Waals surface area contributed by atoms with Crippen molar-refractivity contribution in [3.8, 4) is 5.75 Å². The predicted molar refractivity (Wildman–Crippen MR) is 191 cm³/mol. The third-order valence-electron chi connectivity index (χ3n) is 10.6. The molecule has 1 saturated carbocycles. The summed E-state index contributed by atoms with van der Waals surface area (Å²) in [5.41, 5.74) is 2.17. The van der Waals surface area contributed by atoms with Crippen LogP contribution in [0.3, 0.4) is 0 Å². The van der Waals surface area contributed by atoms with Crippen LogP contribution in [0.15, 0.2) is 18.2 Å². The van der Waals surface area contributed by atoms with Crippen LogP contribution < -0.4 is 25.6 Å². The molecule has 6 rings (SSSR count). The Balaban J connectivity index is 1.02. The van der Waals surface area contributed by atoms with Gasteiger partial charge in [0.2, 0.25) is 5.95 Å². The molecular weight excluding hydrogens is 646 g/mol. The number of ether oxygens (including phenoxy) is 3. The number of aliphatic hydroxyl groups is 1. The first-order valence-electron chi connectivity index (χ1n) is 18.2. The molecule has 1 aliphatic carbocycles. The van der Waals surface area contributed by atoms with Gasteiger partial charge in [0, 0.05) is 52.4 Å². The van der Waals surface area contributed by atoms with E-state index < -0.39 is 6.10 Å². The number of amides is 1. The fourth-order valence-electron chi connectivity index (χ4n) is 7.38. The van der Waals surface area contributed by atoms with Gasteiger partial charge < -0.3 is 34.9 Å². The Bertz CT molecular complexity index is 1400. The fraction of sp³-hybridized carbons (Fsp3) is 0.694. The molecule has 0 bridgehead atoms. The van der Waals surface area contributed by atoms with Crippen molar-refractivity contribution in [1.82, 2.24) is 25.5 Å². The molecule has 1 unspecified atom stereocenters. The van der Waals surface area contributed by atoms with Crippen molar-refractivity contribution in [3.63, 3.8) is 0 Å². The molecule has 3 fully saturated rings. The molecule has 2 saturated heterocycles. The Labute approximate surface area is 295 Å². The van der Waals surface area contributed by atoms with E-state index in [9.17, 15) is 9.90 Å². The third kappa shape index (κ3) is 9.14. The van der Waals surface area contributed by atoms with E-state index >= 15 is 0 Å². The van der Waals surface area contributed by atoms with Crippen LogP contribution >= 0.6 is 11.6 Å². The molecule has 2 atom stereocenters. The first-order chi connectivity index (χ1) is 23.8. The van der Waals surface area contributed by atoms with Crippen molar-refractivity contribution in [2.45, 2.75) is 89.0 Å². The highest BCUT2D eigenvalue weighted by Crippen LogP contribution is 2.38. The van der Waals surface area contributed by atoms with Crippen LogP contribution in [0.5, 0.6) is 5.75 Å². The lowest BCUT2D eigenvalue weighted by molar-refractivity contribution is -0.0714. The molecular formula is C36H54ClN7O5. The fourth-order valence-corrected chi connectivity index (χ4v) is 7.72. The third-order valence-corrected chi connectivity index (χ3v) is 11.0. The number of anilines is 2. The van der Waals surface area contributed by atoms with Crippen molar-refractivity contribution in [2.75, 3.05) is 76.5 Å². The van der Waals surface area contributed by atoms with E-state index in [0.717, 1.165) is 30.6 Å². The second kappa shape index (κ2) is 17.0. The molecule has 13 heteroatoms. The number of nitrogens with zero attached hydrogens (tertiary/aromatic N) is 4. The largest absolute Gasteiger partial charge is 0.489 e. The summed E-state index contributed by atoms with van der Waals surface area (Å²) < 4.78 is 18.1. The maximum Gasteiger partial charge on any atom is 0.270 e. The number of nitrogens with one attached hydrogen (secondary N) is 3. The second-order valence-electron chi connectivity index (χ2n) is 14.2. The Morgan fingerprint density at radius 3 is 2.67 bits per heavy atom. The lowest BCUT2D eigenvalue weighted by Gasteiger charge is -2.36. The molecule has 0 radical (unpaired) electrons. The number of β-amino-alcohol motifs (C(OH)–C–C–N with tert-alkyl or cyclic N) is 1. The molecule has 4 aliphatic rings. The summed E-state index contributed by atoms with van der Waals surface area (Å²) in [7, 11) is 1.88. The highest BCUT2D eigenvalue weighted by atomic mass is 35.5. The zero-order valence-corrected chi connectivity index (χ0v) is 29.9. The van der Waals surface area contributed by atoms with Gasteiger partial charge in [0.15, 0.2) is 0 Å². The van der Waals surface area contributed by atoms with Crippen molar-refractivity contribution in [3.05, 3.63) is 40.0 Å². The Morgan fingerprint density at radius 1 is 1.20 bits per heavy atom. The maximum absolute atomic E-state index is 13.1. The molecule has 270 valence electrons. The zero-order valence-electron chi connectivity index (χ0n) is 29.1. The number of benzene rings is 1. The maximum atomic E-state index is 13.1. The molecule has 1 aromatic heterocycles. The number of carbonyl (C=O) groups is 1. The van der Waals surface area contributed by atoms with E-state index in [1.807, 2.05) is 24.9 Å². The van der Waals surface area contributed by atoms with Gasteiger partial charge in [0.25, 0.3) is 5.91 Å². The molecule has 12 nitrogen and oxygen atoms in total. The summed E-state index contributed by atoms with van der Waals surface area (Å²) in [5.74, 6) is 1.88. The molecule has 1 amide bonds.